The van der Waals surface area contributed by atoms with Crippen LogP contribution in [0.5, 0.6) is 5.75 Å². The number of carbonyl (C=O) groups is 2. The van der Waals surface area contributed by atoms with Crippen LogP contribution in [-0.2, 0) is 9.59 Å². The normalized spacial score (nSPS) is 17.2. The third-order valence-electron chi connectivity index (χ3n) is 7.64. The van der Waals surface area contributed by atoms with E-state index in [0.717, 1.165) is 16.3 Å². The van der Waals surface area contributed by atoms with Crippen LogP contribution >= 0.6 is 12.6 Å². The number of hydrogen-bond donors (Lipinski definition) is 3. The summed E-state index contributed by atoms with van der Waals surface area (Å²) in [5.41, 5.74) is 8.04. The second-order valence-corrected chi connectivity index (χ2v) is 11.0. The molecule has 1 aromatic heterocycles. The number of aromatic nitrogens is 1. The molecule has 0 aliphatic carbocycles. The SMILES string of the molecule is CCOc1cc([C@@H](Nc2ccc3c(N)nccc3c2)C(=O)N2CC[C@H](C(=O)N(C)C)[C@@H]2c2ccccc2S)ccc1F. The highest BCUT2D eigenvalue weighted by atomic mass is 32.1. The molecule has 0 unspecified atom stereocenters. The van der Waals surface area contributed by atoms with E-state index in [1.165, 1.54) is 6.07 Å². The molecule has 42 heavy (non-hydrogen) atoms. The van der Waals surface area contributed by atoms with Gasteiger partial charge in [0, 0.05) is 42.8 Å². The summed E-state index contributed by atoms with van der Waals surface area (Å²) in [7, 11) is 3.44. The molecule has 2 heterocycles. The van der Waals surface area contributed by atoms with Gasteiger partial charge in [-0.1, -0.05) is 24.3 Å². The summed E-state index contributed by atoms with van der Waals surface area (Å²) in [5, 5.41) is 5.03. The first kappa shape index (κ1) is 29.2. The molecule has 3 N–H and O–H groups in total. The number of pyridine rings is 1. The Bertz CT molecular complexity index is 1630. The lowest BCUT2D eigenvalue weighted by atomic mass is 9.92. The Morgan fingerprint density at radius 1 is 1.17 bits per heavy atom. The molecular formula is C32H34FN5O3S. The van der Waals surface area contributed by atoms with Gasteiger partial charge in [0.15, 0.2) is 11.6 Å². The predicted octanol–water partition coefficient (Wildman–Crippen LogP) is 5.47. The number of fused-ring (bicyclic) bond motifs is 1. The maximum Gasteiger partial charge on any atom is 0.250 e. The van der Waals surface area contributed by atoms with Crippen LogP contribution < -0.4 is 15.8 Å². The molecule has 1 saturated heterocycles. The molecule has 3 aromatic carbocycles. The second-order valence-electron chi connectivity index (χ2n) is 10.5. The van der Waals surface area contributed by atoms with Crippen molar-refractivity contribution in [1.29, 1.82) is 0 Å². The van der Waals surface area contributed by atoms with E-state index >= 15 is 0 Å². The summed E-state index contributed by atoms with van der Waals surface area (Å²) in [4.78, 5) is 36.1. The molecule has 0 radical (unpaired) electrons. The van der Waals surface area contributed by atoms with E-state index in [-0.39, 0.29) is 24.2 Å². The van der Waals surface area contributed by atoms with Gasteiger partial charge in [-0.05, 0) is 72.3 Å². The van der Waals surface area contributed by atoms with E-state index in [9.17, 15) is 14.0 Å². The van der Waals surface area contributed by atoms with Crippen LogP contribution in [0.25, 0.3) is 10.8 Å². The minimum atomic E-state index is -0.913. The lowest BCUT2D eigenvalue weighted by Crippen LogP contribution is -2.41. The van der Waals surface area contributed by atoms with Crippen LogP contribution in [-0.4, -0.2) is 53.8 Å². The Morgan fingerprint density at radius 3 is 2.69 bits per heavy atom. The Hall–Kier alpha value is -4.31. The smallest absolute Gasteiger partial charge is 0.250 e. The Balaban J connectivity index is 1.59. The second kappa shape index (κ2) is 12.3. The fourth-order valence-corrected chi connectivity index (χ4v) is 5.92. The number of rotatable bonds is 8. The van der Waals surface area contributed by atoms with Crippen molar-refractivity contribution in [3.63, 3.8) is 0 Å². The molecule has 0 spiro atoms. The molecule has 1 aliphatic heterocycles. The predicted molar refractivity (Wildman–Crippen MR) is 165 cm³/mol. The van der Waals surface area contributed by atoms with Crippen molar-refractivity contribution >= 4 is 46.7 Å². The summed E-state index contributed by atoms with van der Waals surface area (Å²) < 4.78 is 20.1. The van der Waals surface area contributed by atoms with E-state index in [2.05, 4.69) is 22.9 Å². The zero-order valence-corrected chi connectivity index (χ0v) is 24.6. The maximum atomic E-state index is 14.6. The van der Waals surface area contributed by atoms with Crippen LogP contribution in [0.15, 0.2) is 77.8 Å². The van der Waals surface area contributed by atoms with Gasteiger partial charge in [-0.25, -0.2) is 9.37 Å². The summed E-state index contributed by atoms with van der Waals surface area (Å²) in [5.74, 6) is -0.798. The van der Waals surface area contributed by atoms with Crippen molar-refractivity contribution in [1.82, 2.24) is 14.8 Å². The number of likely N-dealkylation sites (tertiary alicyclic amines) is 1. The van der Waals surface area contributed by atoms with Gasteiger partial charge in [-0.3, -0.25) is 9.59 Å². The van der Waals surface area contributed by atoms with Gasteiger partial charge in [-0.15, -0.1) is 12.6 Å². The lowest BCUT2D eigenvalue weighted by Gasteiger charge is -2.33. The quantitative estimate of drug-likeness (QED) is 0.236. The standard InChI is InChI=1S/C32H34FN5O3S/c1-4-41-26-18-20(9-12-25(26)33)28(36-21-10-11-22-19(17-21)13-15-35-30(22)34)32(40)38-16-14-24(31(39)37(2)3)29(38)23-7-5-6-8-27(23)42/h5-13,15,17-18,24,28-29,36,42H,4,14,16H2,1-3H3,(H2,34,35)/t24-,28+,29-/m0/s1. The monoisotopic (exact) mass is 587 g/mol. The number of nitrogens with zero attached hydrogens (tertiary/aromatic N) is 3. The molecule has 1 fully saturated rings. The highest BCUT2D eigenvalue weighted by molar-refractivity contribution is 7.80. The van der Waals surface area contributed by atoms with Crippen molar-refractivity contribution in [3.8, 4) is 5.75 Å². The highest BCUT2D eigenvalue weighted by Crippen LogP contribution is 2.42. The molecule has 10 heteroatoms. The fraction of sp³-hybridized carbons (Fsp3) is 0.281. The number of hydrogen-bond acceptors (Lipinski definition) is 7. The van der Waals surface area contributed by atoms with E-state index in [1.54, 1.807) is 49.1 Å². The van der Waals surface area contributed by atoms with Crippen molar-refractivity contribution in [2.45, 2.75) is 30.3 Å². The number of carbonyl (C=O) groups excluding carboxylic acids is 2. The van der Waals surface area contributed by atoms with Crippen molar-refractivity contribution in [2.24, 2.45) is 5.92 Å². The molecule has 218 valence electrons. The number of anilines is 2. The summed E-state index contributed by atoms with van der Waals surface area (Å²) in [6.07, 6.45) is 2.13. The maximum absolute atomic E-state index is 14.6. The summed E-state index contributed by atoms with van der Waals surface area (Å²) >= 11 is 4.68. The molecule has 2 amide bonds. The van der Waals surface area contributed by atoms with Crippen molar-refractivity contribution in [3.05, 3.63) is 89.9 Å². The Labute approximate surface area is 250 Å². The van der Waals surface area contributed by atoms with Crippen molar-refractivity contribution < 1.29 is 18.7 Å². The number of halogens is 1. The molecule has 0 saturated carbocycles. The molecule has 0 bridgehead atoms. The van der Waals surface area contributed by atoms with Crippen LogP contribution in [0.1, 0.15) is 36.6 Å². The molecule has 4 aromatic rings. The van der Waals surface area contributed by atoms with Gasteiger partial charge in [0.25, 0.3) is 0 Å². The third kappa shape index (κ3) is 5.72. The molecule has 3 atom stereocenters. The van der Waals surface area contributed by atoms with E-state index in [4.69, 9.17) is 10.5 Å². The zero-order chi connectivity index (χ0) is 30.0. The third-order valence-corrected chi connectivity index (χ3v) is 8.04. The van der Waals surface area contributed by atoms with Crippen LogP contribution in [0.3, 0.4) is 0 Å². The van der Waals surface area contributed by atoms with Gasteiger partial charge in [0.2, 0.25) is 11.8 Å². The van der Waals surface area contributed by atoms with Gasteiger partial charge in [0.05, 0.1) is 18.6 Å². The van der Waals surface area contributed by atoms with Crippen LogP contribution in [0, 0.1) is 11.7 Å². The number of benzene rings is 3. The highest BCUT2D eigenvalue weighted by Gasteiger charge is 2.45. The number of thiol groups is 1. The van der Waals surface area contributed by atoms with Crippen molar-refractivity contribution in [2.75, 3.05) is 38.3 Å². The fourth-order valence-electron chi connectivity index (χ4n) is 5.63. The Kier molecular flexibility index (Phi) is 8.54. The molecule has 5 rings (SSSR count). The van der Waals surface area contributed by atoms with Gasteiger partial charge < -0.3 is 25.6 Å². The minimum Gasteiger partial charge on any atom is -0.491 e. The molecular weight excluding hydrogens is 553 g/mol. The first-order valence-corrected chi connectivity index (χ1v) is 14.3. The number of nitrogens with one attached hydrogen (secondary N) is 1. The zero-order valence-electron chi connectivity index (χ0n) is 23.8. The lowest BCUT2D eigenvalue weighted by molar-refractivity contribution is -0.137. The van der Waals surface area contributed by atoms with Gasteiger partial charge >= 0.3 is 0 Å². The van der Waals surface area contributed by atoms with Gasteiger partial charge in [0.1, 0.15) is 11.9 Å². The number of nitrogen functional groups attached to an aromatic ring is 1. The molecule has 1 aliphatic rings. The largest absolute Gasteiger partial charge is 0.491 e. The first-order valence-electron chi connectivity index (χ1n) is 13.8. The number of ether oxygens (including phenoxy) is 1. The number of nitrogens with two attached hydrogens (primary N) is 1. The van der Waals surface area contributed by atoms with Crippen LogP contribution in [0.2, 0.25) is 0 Å². The topological polar surface area (TPSA) is 101 Å². The summed E-state index contributed by atoms with van der Waals surface area (Å²) in [6, 6.07) is 17.9. The minimum absolute atomic E-state index is 0.0578. The average Bonchev–Trinajstić information content (AvgIpc) is 3.41. The van der Waals surface area contributed by atoms with E-state index in [0.29, 0.717) is 34.9 Å². The van der Waals surface area contributed by atoms with Gasteiger partial charge in [-0.2, -0.15) is 0 Å². The number of amides is 2. The Morgan fingerprint density at radius 2 is 1.95 bits per heavy atom. The first-order chi connectivity index (χ1) is 20.2. The average molecular weight is 588 g/mol. The molecule has 8 nitrogen and oxygen atoms in total. The van der Waals surface area contributed by atoms with E-state index in [1.807, 2.05) is 48.5 Å². The van der Waals surface area contributed by atoms with Crippen LogP contribution in [0.4, 0.5) is 15.9 Å². The summed E-state index contributed by atoms with van der Waals surface area (Å²) in [6.45, 7) is 2.41. The van der Waals surface area contributed by atoms with E-state index < -0.39 is 23.8 Å².